The SMILES string of the molecule is O=[N+]([O-])c1cccc([N+](=O)[O-])c1CCc1ccccc1. The van der Waals surface area contributed by atoms with E-state index >= 15 is 0 Å². The van der Waals surface area contributed by atoms with E-state index in [-0.39, 0.29) is 23.4 Å². The summed E-state index contributed by atoms with van der Waals surface area (Å²) in [6.07, 6.45) is 0.782. The van der Waals surface area contributed by atoms with Crippen LogP contribution < -0.4 is 0 Å². The highest BCUT2D eigenvalue weighted by molar-refractivity contribution is 5.53. The minimum absolute atomic E-state index is 0.173. The van der Waals surface area contributed by atoms with Gasteiger partial charge in [0.15, 0.2) is 0 Å². The predicted molar refractivity (Wildman–Crippen MR) is 73.6 cm³/mol. The van der Waals surface area contributed by atoms with Crippen molar-refractivity contribution in [2.24, 2.45) is 0 Å². The highest BCUT2D eigenvalue weighted by Crippen LogP contribution is 2.29. The largest absolute Gasteiger partial charge is 0.279 e. The fourth-order valence-electron chi connectivity index (χ4n) is 2.08. The molecule has 0 heterocycles. The Kier molecular flexibility index (Phi) is 4.05. The molecule has 0 spiro atoms. The number of benzene rings is 2. The standard InChI is InChI=1S/C14H12N2O4/c17-15(18)13-7-4-8-14(16(19)20)12(13)10-9-11-5-2-1-3-6-11/h1-8H,9-10H2. The summed E-state index contributed by atoms with van der Waals surface area (Å²) < 4.78 is 0. The molecule has 2 rings (SSSR count). The molecule has 0 N–H and O–H groups in total. The van der Waals surface area contributed by atoms with Crippen LogP contribution in [0.15, 0.2) is 48.5 Å². The zero-order chi connectivity index (χ0) is 14.5. The first-order valence-corrected chi connectivity index (χ1v) is 6.04. The Hall–Kier alpha value is -2.76. The van der Waals surface area contributed by atoms with Crippen LogP contribution in [0.1, 0.15) is 11.1 Å². The summed E-state index contributed by atoms with van der Waals surface area (Å²) in [6, 6.07) is 13.3. The smallest absolute Gasteiger partial charge is 0.258 e. The lowest BCUT2D eigenvalue weighted by molar-refractivity contribution is -0.395. The minimum atomic E-state index is -0.576. The molecule has 0 aliphatic carbocycles. The number of hydrogen-bond donors (Lipinski definition) is 0. The average Bonchev–Trinajstić information content (AvgIpc) is 2.45. The number of nitro groups is 2. The molecular formula is C14H12N2O4. The summed E-state index contributed by atoms with van der Waals surface area (Å²) in [4.78, 5) is 20.8. The number of rotatable bonds is 5. The van der Waals surface area contributed by atoms with Gasteiger partial charge in [0, 0.05) is 12.1 Å². The Morgan fingerprint density at radius 2 is 1.30 bits per heavy atom. The fraction of sp³-hybridized carbons (Fsp3) is 0.143. The number of nitro benzene ring substituents is 2. The van der Waals surface area contributed by atoms with E-state index < -0.39 is 9.85 Å². The average molecular weight is 272 g/mol. The van der Waals surface area contributed by atoms with E-state index in [0.717, 1.165) is 5.56 Å². The van der Waals surface area contributed by atoms with Gasteiger partial charge < -0.3 is 0 Å². The minimum Gasteiger partial charge on any atom is -0.258 e. The number of aryl methyl sites for hydroxylation is 1. The quantitative estimate of drug-likeness (QED) is 0.617. The molecule has 6 heteroatoms. The molecule has 0 fully saturated rings. The van der Waals surface area contributed by atoms with Crippen molar-refractivity contribution in [2.45, 2.75) is 12.8 Å². The molecular weight excluding hydrogens is 260 g/mol. The van der Waals surface area contributed by atoms with Crippen LogP contribution in [-0.2, 0) is 12.8 Å². The third-order valence-electron chi connectivity index (χ3n) is 3.03. The van der Waals surface area contributed by atoms with Crippen LogP contribution in [0.4, 0.5) is 11.4 Å². The van der Waals surface area contributed by atoms with E-state index in [0.29, 0.717) is 6.42 Å². The lowest BCUT2D eigenvalue weighted by Crippen LogP contribution is -2.02. The van der Waals surface area contributed by atoms with E-state index in [2.05, 4.69) is 0 Å². The molecule has 0 saturated heterocycles. The first-order valence-electron chi connectivity index (χ1n) is 6.04. The highest BCUT2D eigenvalue weighted by atomic mass is 16.6. The van der Waals surface area contributed by atoms with Gasteiger partial charge in [-0.2, -0.15) is 0 Å². The van der Waals surface area contributed by atoms with Crippen LogP contribution >= 0.6 is 0 Å². The number of hydrogen-bond acceptors (Lipinski definition) is 4. The van der Waals surface area contributed by atoms with Crippen LogP contribution in [-0.4, -0.2) is 9.85 Å². The van der Waals surface area contributed by atoms with E-state index in [1.165, 1.54) is 18.2 Å². The molecule has 0 unspecified atom stereocenters. The van der Waals surface area contributed by atoms with Gasteiger partial charge >= 0.3 is 0 Å². The van der Waals surface area contributed by atoms with Gasteiger partial charge in [0.25, 0.3) is 11.4 Å². The highest BCUT2D eigenvalue weighted by Gasteiger charge is 2.23. The van der Waals surface area contributed by atoms with Gasteiger partial charge in [-0.25, -0.2) is 0 Å². The van der Waals surface area contributed by atoms with Gasteiger partial charge in [-0.1, -0.05) is 30.3 Å². The summed E-state index contributed by atoms with van der Waals surface area (Å²) >= 11 is 0. The zero-order valence-corrected chi connectivity index (χ0v) is 10.6. The van der Waals surface area contributed by atoms with Crippen molar-refractivity contribution in [1.82, 2.24) is 0 Å². The first-order chi connectivity index (χ1) is 9.59. The molecule has 6 nitrogen and oxygen atoms in total. The van der Waals surface area contributed by atoms with Gasteiger partial charge in [-0.3, -0.25) is 20.2 Å². The molecule has 0 radical (unpaired) electrons. The summed E-state index contributed by atoms with van der Waals surface area (Å²) in [5.74, 6) is 0. The maximum atomic E-state index is 11.0. The predicted octanol–water partition coefficient (Wildman–Crippen LogP) is 3.29. The topological polar surface area (TPSA) is 86.3 Å². The lowest BCUT2D eigenvalue weighted by Gasteiger charge is -2.04. The second kappa shape index (κ2) is 5.92. The van der Waals surface area contributed by atoms with Crippen molar-refractivity contribution < 1.29 is 9.85 Å². The molecule has 2 aromatic carbocycles. The molecule has 2 aromatic rings. The molecule has 0 aliphatic rings. The maximum absolute atomic E-state index is 11.0. The first kappa shape index (κ1) is 13.7. The normalized spacial score (nSPS) is 10.2. The molecule has 0 aliphatic heterocycles. The van der Waals surface area contributed by atoms with Gasteiger partial charge in [-0.05, 0) is 24.5 Å². The van der Waals surface area contributed by atoms with Gasteiger partial charge in [0.2, 0.25) is 0 Å². The molecule has 0 saturated carbocycles. The Morgan fingerprint density at radius 3 is 1.80 bits per heavy atom. The van der Waals surface area contributed by atoms with E-state index in [1.54, 1.807) is 0 Å². The number of nitrogens with zero attached hydrogens (tertiary/aromatic N) is 2. The van der Waals surface area contributed by atoms with Crippen LogP contribution in [0.2, 0.25) is 0 Å². The van der Waals surface area contributed by atoms with E-state index in [4.69, 9.17) is 0 Å². The zero-order valence-electron chi connectivity index (χ0n) is 10.6. The van der Waals surface area contributed by atoms with Gasteiger partial charge in [0.1, 0.15) is 5.56 Å². The van der Waals surface area contributed by atoms with Crippen LogP contribution in [0.25, 0.3) is 0 Å². The molecule has 102 valence electrons. The van der Waals surface area contributed by atoms with Crippen LogP contribution in [0, 0.1) is 20.2 Å². The third-order valence-corrected chi connectivity index (χ3v) is 3.03. The van der Waals surface area contributed by atoms with E-state index in [1.807, 2.05) is 30.3 Å². The molecule has 0 aromatic heterocycles. The second-order valence-corrected chi connectivity index (χ2v) is 4.27. The maximum Gasteiger partial charge on any atom is 0.279 e. The van der Waals surface area contributed by atoms with Crippen LogP contribution in [0.5, 0.6) is 0 Å². The third kappa shape index (κ3) is 2.97. The lowest BCUT2D eigenvalue weighted by atomic mass is 10.0. The second-order valence-electron chi connectivity index (χ2n) is 4.27. The fourth-order valence-corrected chi connectivity index (χ4v) is 2.08. The van der Waals surface area contributed by atoms with Crippen molar-refractivity contribution in [3.05, 3.63) is 79.9 Å². The van der Waals surface area contributed by atoms with Gasteiger partial charge in [-0.15, -0.1) is 0 Å². The Balaban J connectivity index is 2.33. The summed E-state index contributed by atoms with van der Waals surface area (Å²) in [5, 5.41) is 22.0. The Bertz CT molecular complexity index is 609. The van der Waals surface area contributed by atoms with Crippen molar-refractivity contribution in [1.29, 1.82) is 0 Å². The van der Waals surface area contributed by atoms with Crippen molar-refractivity contribution in [3.63, 3.8) is 0 Å². The summed E-state index contributed by atoms with van der Waals surface area (Å²) in [6.45, 7) is 0. The summed E-state index contributed by atoms with van der Waals surface area (Å²) in [7, 11) is 0. The van der Waals surface area contributed by atoms with E-state index in [9.17, 15) is 20.2 Å². The van der Waals surface area contributed by atoms with Crippen LogP contribution in [0.3, 0.4) is 0 Å². The van der Waals surface area contributed by atoms with Crippen molar-refractivity contribution in [3.8, 4) is 0 Å². The Labute approximate surface area is 115 Å². The van der Waals surface area contributed by atoms with Crippen molar-refractivity contribution >= 4 is 11.4 Å². The van der Waals surface area contributed by atoms with Gasteiger partial charge in [0.05, 0.1) is 9.85 Å². The Morgan fingerprint density at radius 1 is 0.750 bits per heavy atom. The van der Waals surface area contributed by atoms with Crippen molar-refractivity contribution in [2.75, 3.05) is 0 Å². The summed E-state index contributed by atoms with van der Waals surface area (Å²) in [5.41, 5.74) is 0.761. The molecule has 0 amide bonds. The molecule has 0 atom stereocenters. The molecule has 0 bridgehead atoms. The molecule has 20 heavy (non-hydrogen) atoms. The monoisotopic (exact) mass is 272 g/mol.